The summed E-state index contributed by atoms with van der Waals surface area (Å²) in [7, 11) is 0. The topological polar surface area (TPSA) is 83.1 Å². The van der Waals surface area contributed by atoms with Gasteiger partial charge in [-0.05, 0) is 32.4 Å². The summed E-state index contributed by atoms with van der Waals surface area (Å²) < 4.78 is 49.7. The standard InChI is InChI=1S/C21H21F3N4O3/c1-21(2,3)31-20(29)26-17-9-28-18-10-27(30)5-4-16(18)25-19(28)7-12(17)11-6-14(23)15(24)8-13(11)22/h4-6,8,10,12,17H,7,9H2,1-3H3,(H,26,29)/t12-,17+/m1/s1. The van der Waals surface area contributed by atoms with Gasteiger partial charge in [0.1, 0.15) is 28.3 Å². The minimum Gasteiger partial charge on any atom is -0.619 e. The molecule has 0 saturated heterocycles. The van der Waals surface area contributed by atoms with Crippen LogP contribution < -0.4 is 10.0 Å². The summed E-state index contributed by atoms with van der Waals surface area (Å²) in [5.74, 6) is -3.58. The number of ether oxygens (including phenoxy) is 1. The first-order valence-electron chi connectivity index (χ1n) is 9.74. The van der Waals surface area contributed by atoms with E-state index in [9.17, 15) is 23.2 Å². The summed E-state index contributed by atoms with van der Waals surface area (Å²) in [5, 5.41) is 14.5. The highest BCUT2D eigenvalue weighted by Gasteiger charge is 2.36. The van der Waals surface area contributed by atoms with Crippen molar-refractivity contribution in [3.63, 3.8) is 0 Å². The number of carbonyl (C=O) groups is 1. The van der Waals surface area contributed by atoms with E-state index in [1.165, 1.54) is 12.4 Å². The van der Waals surface area contributed by atoms with Gasteiger partial charge in [0.2, 0.25) is 6.20 Å². The van der Waals surface area contributed by atoms with Crippen molar-refractivity contribution in [1.82, 2.24) is 14.9 Å². The molecule has 3 aromatic rings. The third kappa shape index (κ3) is 4.14. The fourth-order valence-electron chi connectivity index (χ4n) is 3.88. The van der Waals surface area contributed by atoms with Crippen molar-refractivity contribution in [3.8, 4) is 0 Å². The summed E-state index contributed by atoms with van der Waals surface area (Å²) >= 11 is 0. The van der Waals surface area contributed by atoms with Crippen LogP contribution in [0.3, 0.4) is 0 Å². The Kier molecular flexibility index (Phi) is 5.03. The fraction of sp³-hybridized carbons (Fsp3) is 0.381. The molecule has 1 aliphatic rings. The number of aromatic nitrogens is 3. The van der Waals surface area contributed by atoms with Gasteiger partial charge in [0.05, 0.1) is 6.04 Å². The molecule has 2 aromatic heterocycles. The maximum absolute atomic E-state index is 14.6. The molecule has 0 radical (unpaired) electrons. The molecule has 2 atom stereocenters. The number of hydrogen-bond acceptors (Lipinski definition) is 4. The second-order valence-electron chi connectivity index (χ2n) is 8.57. The van der Waals surface area contributed by atoms with Crippen molar-refractivity contribution in [1.29, 1.82) is 0 Å². The van der Waals surface area contributed by atoms with Crippen LogP contribution in [-0.4, -0.2) is 27.3 Å². The normalized spacial score (nSPS) is 18.6. The van der Waals surface area contributed by atoms with Crippen molar-refractivity contribution in [2.75, 3.05) is 0 Å². The minimum absolute atomic E-state index is 0.0721. The van der Waals surface area contributed by atoms with E-state index in [1.54, 1.807) is 31.4 Å². The number of rotatable bonds is 2. The molecule has 31 heavy (non-hydrogen) atoms. The van der Waals surface area contributed by atoms with Gasteiger partial charge in [-0.25, -0.2) is 22.9 Å². The molecule has 0 spiro atoms. The molecular formula is C21H21F3N4O3. The monoisotopic (exact) mass is 434 g/mol. The molecule has 4 rings (SSSR count). The van der Waals surface area contributed by atoms with Crippen LogP contribution in [0.15, 0.2) is 30.6 Å². The number of benzene rings is 1. The zero-order chi connectivity index (χ0) is 22.5. The molecule has 1 aliphatic heterocycles. The molecule has 7 nitrogen and oxygen atoms in total. The molecule has 3 heterocycles. The maximum atomic E-state index is 14.6. The van der Waals surface area contributed by atoms with E-state index in [0.717, 1.165) is 6.07 Å². The smallest absolute Gasteiger partial charge is 0.407 e. The fourth-order valence-corrected chi connectivity index (χ4v) is 3.88. The first-order chi connectivity index (χ1) is 14.5. The summed E-state index contributed by atoms with van der Waals surface area (Å²) in [6.45, 7) is 5.25. The second kappa shape index (κ2) is 7.44. The zero-order valence-electron chi connectivity index (χ0n) is 17.2. The number of halogens is 3. The number of imidazole rings is 1. The van der Waals surface area contributed by atoms with Crippen molar-refractivity contribution in [2.45, 2.75) is 51.3 Å². The largest absolute Gasteiger partial charge is 0.619 e. The maximum Gasteiger partial charge on any atom is 0.407 e. The molecule has 0 saturated carbocycles. The summed E-state index contributed by atoms with van der Waals surface area (Å²) in [6.07, 6.45) is 2.08. The molecule has 0 bridgehead atoms. The Hall–Kier alpha value is -3.30. The lowest BCUT2D eigenvalue weighted by Crippen LogP contribution is -2.47. The van der Waals surface area contributed by atoms with Crippen LogP contribution in [-0.2, 0) is 17.7 Å². The predicted molar refractivity (Wildman–Crippen MR) is 105 cm³/mol. The van der Waals surface area contributed by atoms with Crippen LogP contribution in [0.1, 0.15) is 38.1 Å². The first kappa shape index (κ1) is 21.0. The van der Waals surface area contributed by atoms with Crippen LogP contribution in [0, 0.1) is 22.7 Å². The average Bonchev–Trinajstić information content (AvgIpc) is 2.99. The lowest BCUT2D eigenvalue weighted by molar-refractivity contribution is -0.604. The van der Waals surface area contributed by atoms with Crippen LogP contribution in [0.25, 0.3) is 11.0 Å². The van der Waals surface area contributed by atoms with Gasteiger partial charge in [-0.3, -0.25) is 0 Å². The number of alkyl carbamates (subject to hydrolysis) is 1. The Labute approximate surface area is 176 Å². The lowest BCUT2D eigenvalue weighted by atomic mass is 9.85. The van der Waals surface area contributed by atoms with Crippen LogP contribution in [0.5, 0.6) is 0 Å². The number of amides is 1. The van der Waals surface area contributed by atoms with E-state index in [-0.39, 0.29) is 18.5 Å². The van der Waals surface area contributed by atoms with Gasteiger partial charge >= 0.3 is 6.09 Å². The van der Waals surface area contributed by atoms with Crippen molar-refractivity contribution in [2.24, 2.45) is 0 Å². The number of hydrogen-bond donors (Lipinski definition) is 1. The highest BCUT2D eigenvalue weighted by Crippen LogP contribution is 2.34. The molecule has 1 aromatic carbocycles. The van der Waals surface area contributed by atoms with E-state index >= 15 is 0 Å². The molecule has 164 valence electrons. The van der Waals surface area contributed by atoms with E-state index in [0.29, 0.717) is 27.7 Å². The zero-order valence-corrected chi connectivity index (χ0v) is 17.2. The van der Waals surface area contributed by atoms with E-state index in [4.69, 9.17) is 4.74 Å². The number of fused-ring (bicyclic) bond motifs is 3. The molecule has 0 fully saturated rings. The van der Waals surface area contributed by atoms with E-state index in [2.05, 4.69) is 10.3 Å². The molecule has 0 aliphatic carbocycles. The number of carbonyl (C=O) groups excluding carboxylic acids is 1. The van der Waals surface area contributed by atoms with Gasteiger partial charge < -0.3 is 19.8 Å². The quantitative estimate of drug-likeness (QED) is 0.381. The van der Waals surface area contributed by atoms with E-state index < -0.39 is 41.1 Å². The van der Waals surface area contributed by atoms with Gasteiger partial charge in [-0.15, -0.1) is 0 Å². The van der Waals surface area contributed by atoms with Crippen LogP contribution >= 0.6 is 0 Å². The Morgan fingerprint density at radius 3 is 2.68 bits per heavy atom. The summed E-state index contributed by atoms with van der Waals surface area (Å²) in [4.78, 5) is 16.9. The van der Waals surface area contributed by atoms with Crippen LogP contribution in [0.4, 0.5) is 18.0 Å². The highest BCUT2D eigenvalue weighted by atomic mass is 19.2. The summed E-state index contributed by atoms with van der Waals surface area (Å²) in [6, 6.07) is 2.13. The Morgan fingerprint density at radius 1 is 1.26 bits per heavy atom. The van der Waals surface area contributed by atoms with Crippen molar-refractivity contribution < 1.29 is 27.4 Å². The third-order valence-corrected chi connectivity index (χ3v) is 5.15. The van der Waals surface area contributed by atoms with Crippen molar-refractivity contribution in [3.05, 3.63) is 64.6 Å². The van der Waals surface area contributed by atoms with Gasteiger partial charge in [-0.2, -0.15) is 4.73 Å². The van der Waals surface area contributed by atoms with Crippen LogP contribution in [0.2, 0.25) is 0 Å². The van der Waals surface area contributed by atoms with E-state index in [1.807, 2.05) is 0 Å². The number of nitrogens with zero attached hydrogens (tertiary/aromatic N) is 3. The van der Waals surface area contributed by atoms with Gasteiger partial charge in [0, 0.05) is 31.0 Å². The first-order valence-corrected chi connectivity index (χ1v) is 9.74. The highest BCUT2D eigenvalue weighted by molar-refractivity contribution is 5.74. The second-order valence-corrected chi connectivity index (χ2v) is 8.57. The Morgan fingerprint density at radius 2 is 1.97 bits per heavy atom. The minimum atomic E-state index is -1.29. The molecule has 0 unspecified atom stereocenters. The molecular weight excluding hydrogens is 413 g/mol. The molecule has 1 N–H and O–H groups in total. The third-order valence-electron chi connectivity index (χ3n) is 5.15. The Bertz CT molecular complexity index is 1170. The average molecular weight is 434 g/mol. The van der Waals surface area contributed by atoms with Crippen molar-refractivity contribution >= 4 is 17.1 Å². The van der Waals surface area contributed by atoms with Gasteiger partial charge in [0.15, 0.2) is 17.8 Å². The number of nitrogens with one attached hydrogen (secondary N) is 1. The molecule has 1 amide bonds. The predicted octanol–water partition coefficient (Wildman–Crippen LogP) is 3.32. The summed E-state index contributed by atoms with van der Waals surface area (Å²) in [5.41, 5.74) is 0.275. The number of pyridine rings is 1. The molecule has 10 heteroatoms. The SMILES string of the molecule is CC(C)(C)OC(=O)N[C@H]1Cn2c(nc3cc[n+]([O-])cc32)C[C@@H]1c1cc(F)c(F)cc1F. The Balaban J connectivity index is 1.77. The van der Waals surface area contributed by atoms with Gasteiger partial charge in [0.25, 0.3) is 0 Å². The van der Waals surface area contributed by atoms with Gasteiger partial charge in [-0.1, -0.05) is 0 Å². The lowest BCUT2D eigenvalue weighted by Gasteiger charge is -2.34.